The van der Waals surface area contributed by atoms with Gasteiger partial charge in [0.15, 0.2) is 0 Å². The number of likely N-dealkylation sites (N-methyl/N-ethyl adjacent to an activating group) is 1. The first-order valence-corrected chi connectivity index (χ1v) is 9.24. The van der Waals surface area contributed by atoms with Crippen molar-refractivity contribution in [2.75, 3.05) is 46.9 Å². The van der Waals surface area contributed by atoms with Gasteiger partial charge in [-0.15, -0.1) is 0 Å². The second-order valence-electron chi connectivity index (χ2n) is 7.30. The lowest BCUT2D eigenvalue weighted by atomic mass is 9.88. The number of amides is 2. The van der Waals surface area contributed by atoms with Crippen molar-refractivity contribution in [3.8, 4) is 0 Å². The number of rotatable bonds is 4. The average molecular weight is 361 g/mol. The number of carbonyl (C=O) groups excluding carboxylic acids is 1. The van der Waals surface area contributed by atoms with Gasteiger partial charge in [0.2, 0.25) is 0 Å². The first-order valence-electron chi connectivity index (χ1n) is 9.24. The fraction of sp³-hybridized carbons (Fsp3) is 0.550. The summed E-state index contributed by atoms with van der Waals surface area (Å²) in [7, 11) is 4.11. The molecule has 1 fully saturated rings. The Morgan fingerprint density at radius 3 is 2.65 bits per heavy atom. The second-order valence-corrected chi connectivity index (χ2v) is 7.30. The van der Waals surface area contributed by atoms with E-state index in [4.69, 9.17) is 4.74 Å². The van der Waals surface area contributed by atoms with Crippen LogP contribution in [0, 0.1) is 5.82 Å². The Morgan fingerprint density at radius 1 is 1.31 bits per heavy atom. The number of nitrogens with zero attached hydrogens (tertiary/aromatic N) is 2. The molecule has 1 aromatic carbocycles. The highest BCUT2D eigenvalue weighted by atomic mass is 19.1. The molecule has 1 aromatic rings. The van der Waals surface area contributed by atoms with Crippen LogP contribution in [0.3, 0.4) is 0 Å². The second kappa shape index (κ2) is 8.18. The predicted molar refractivity (Wildman–Crippen MR) is 100 cm³/mol. The summed E-state index contributed by atoms with van der Waals surface area (Å²) in [5, 5.41) is 3.10. The summed E-state index contributed by atoms with van der Waals surface area (Å²) in [5.41, 5.74) is 1.57. The lowest BCUT2D eigenvalue weighted by Crippen LogP contribution is -2.57. The van der Waals surface area contributed by atoms with E-state index in [1.54, 1.807) is 17.0 Å². The minimum atomic E-state index is -0.205. The van der Waals surface area contributed by atoms with Crippen LogP contribution >= 0.6 is 0 Å². The summed E-state index contributed by atoms with van der Waals surface area (Å²) >= 11 is 0. The molecular formula is C20H28FN3O2. The number of halogens is 1. The van der Waals surface area contributed by atoms with Crippen LogP contribution in [0.15, 0.2) is 30.3 Å². The van der Waals surface area contributed by atoms with Crippen molar-refractivity contribution >= 4 is 11.6 Å². The van der Waals surface area contributed by atoms with Crippen LogP contribution < -0.4 is 5.32 Å². The topological polar surface area (TPSA) is 44.8 Å². The minimum Gasteiger partial charge on any atom is -0.381 e. The standard InChI is InChI=1S/C20H28FN3O2/c1-23(2)20(9-13-26-14-10-20)15-22-19(25)24-11-7-16(8-12-24)17-5-3-4-6-18(17)21/h3-7H,8-15H2,1-2H3,(H,22,25). The molecule has 2 amide bonds. The molecule has 2 aliphatic rings. The predicted octanol–water partition coefficient (Wildman–Crippen LogP) is 2.74. The quantitative estimate of drug-likeness (QED) is 0.897. The number of hydrogen-bond acceptors (Lipinski definition) is 3. The van der Waals surface area contributed by atoms with Gasteiger partial charge >= 0.3 is 6.03 Å². The van der Waals surface area contributed by atoms with Crippen LogP contribution in [-0.2, 0) is 4.74 Å². The molecule has 0 spiro atoms. The first-order chi connectivity index (χ1) is 12.5. The number of urea groups is 1. The highest BCUT2D eigenvalue weighted by molar-refractivity contribution is 5.76. The van der Waals surface area contributed by atoms with Crippen LogP contribution in [0.5, 0.6) is 0 Å². The van der Waals surface area contributed by atoms with Crippen molar-refractivity contribution in [3.05, 3.63) is 41.7 Å². The summed E-state index contributed by atoms with van der Waals surface area (Å²) in [6, 6.07) is 6.75. The Kier molecular flexibility index (Phi) is 5.94. The van der Waals surface area contributed by atoms with Crippen LogP contribution in [0.4, 0.5) is 9.18 Å². The van der Waals surface area contributed by atoms with Gasteiger partial charge in [-0.25, -0.2) is 9.18 Å². The normalized spacial score (nSPS) is 20.0. The van der Waals surface area contributed by atoms with Crippen LogP contribution in [0.2, 0.25) is 0 Å². The van der Waals surface area contributed by atoms with E-state index in [2.05, 4.69) is 24.3 Å². The van der Waals surface area contributed by atoms with Gasteiger partial charge in [-0.2, -0.15) is 0 Å². The molecule has 1 saturated heterocycles. The van der Waals surface area contributed by atoms with Gasteiger partial charge in [-0.3, -0.25) is 0 Å². The Hall–Kier alpha value is -1.92. The van der Waals surface area contributed by atoms with E-state index in [0.29, 0.717) is 31.6 Å². The minimum absolute atomic E-state index is 0.0438. The number of nitrogens with one attached hydrogen (secondary N) is 1. The van der Waals surface area contributed by atoms with E-state index in [-0.39, 0.29) is 17.4 Å². The zero-order valence-electron chi connectivity index (χ0n) is 15.6. The third-order valence-corrected chi connectivity index (χ3v) is 5.66. The van der Waals surface area contributed by atoms with Crippen molar-refractivity contribution < 1.29 is 13.9 Å². The zero-order valence-corrected chi connectivity index (χ0v) is 15.6. The van der Waals surface area contributed by atoms with Gasteiger partial charge < -0.3 is 19.9 Å². The Morgan fingerprint density at radius 2 is 2.04 bits per heavy atom. The summed E-state index contributed by atoms with van der Waals surface area (Å²) in [6.45, 7) is 3.18. The molecule has 6 heteroatoms. The number of carbonyl (C=O) groups is 1. The summed E-state index contributed by atoms with van der Waals surface area (Å²) < 4.78 is 19.4. The molecule has 0 aliphatic carbocycles. The lowest BCUT2D eigenvalue weighted by Gasteiger charge is -2.43. The Balaban J connectivity index is 1.57. The fourth-order valence-corrected chi connectivity index (χ4v) is 3.71. The maximum absolute atomic E-state index is 13.9. The average Bonchev–Trinajstić information content (AvgIpc) is 2.67. The molecular weight excluding hydrogens is 333 g/mol. The summed E-state index contributed by atoms with van der Waals surface area (Å²) in [6.07, 6.45) is 4.45. The lowest BCUT2D eigenvalue weighted by molar-refractivity contribution is -0.00618. The van der Waals surface area contributed by atoms with Crippen molar-refractivity contribution in [2.24, 2.45) is 0 Å². The molecule has 26 heavy (non-hydrogen) atoms. The van der Waals surface area contributed by atoms with Gasteiger partial charge in [0, 0.05) is 44.0 Å². The Bertz CT molecular complexity index is 669. The van der Waals surface area contributed by atoms with Crippen molar-refractivity contribution in [1.82, 2.24) is 15.1 Å². The third-order valence-electron chi connectivity index (χ3n) is 5.66. The van der Waals surface area contributed by atoms with E-state index >= 15 is 0 Å². The van der Waals surface area contributed by atoms with E-state index in [9.17, 15) is 9.18 Å². The smallest absolute Gasteiger partial charge is 0.317 e. The van der Waals surface area contributed by atoms with Crippen LogP contribution in [0.1, 0.15) is 24.8 Å². The maximum Gasteiger partial charge on any atom is 0.317 e. The van der Waals surface area contributed by atoms with Crippen molar-refractivity contribution in [3.63, 3.8) is 0 Å². The molecule has 1 N–H and O–H groups in total. The molecule has 0 bridgehead atoms. The molecule has 5 nitrogen and oxygen atoms in total. The monoisotopic (exact) mass is 361 g/mol. The van der Waals surface area contributed by atoms with E-state index in [0.717, 1.165) is 31.6 Å². The molecule has 0 atom stereocenters. The van der Waals surface area contributed by atoms with Gasteiger partial charge in [0.1, 0.15) is 5.82 Å². The molecule has 0 aromatic heterocycles. The molecule has 0 saturated carbocycles. The van der Waals surface area contributed by atoms with Crippen molar-refractivity contribution in [1.29, 1.82) is 0 Å². The van der Waals surface area contributed by atoms with Crippen molar-refractivity contribution in [2.45, 2.75) is 24.8 Å². The SMILES string of the molecule is CN(C)C1(CNC(=O)N2CC=C(c3ccccc3F)CC2)CCOCC1. The fourth-order valence-electron chi connectivity index (χ4n) is 3.71. The molecule has 0 radical (unpaired) electrons. The summed E-state index contributed by atoms with van der Waals surface area (Å²) in [4.78, 5) is 16.6. The van der Waals surface area contributed by atoms with E-state index in [1.807, 2.05) is 12.1 Å². The number of ether oxygens (including phenoxy) is 1. The highest BCUT2D eigenvalue weighted by Gasteiger charge is 2.35. The summed E-state index contributed by atoms with van der Waals surface area (Å²) in [5.74, 6) is -0.205. The third kappa shape index (κ3) is 4.07. The molecule has 2 aliphatic heterocycles. The zero-order chi connectivity index (χ0) is 18.6. The van der Waals surface area contributed by atoms with E-state index < -0.39 is 0 Å². The largest absolute Gasteiger partial charge is 0.381 e. The molecule has 2 heterocycles. The maximum atomic E-state index is 13.9. The van der Waals surface area contributed by atoms with E-state index in [1.165, 1.54) is 6.07 Å². The van der Waals surface area contributed by atoms with Crippen LogP contribution in [-0.4, -0.2) is 68.3 Å². The Labute approximate surface area is 154 Å². The number of hydrogen-bond donors (Lipinski definition) is 1. The van der Waals surface area contributed by atoms with Crippen LogP contribution in [0.25, 0.3) is 5.57 Å². The first kappa shape index (κ1) is 18.9. The molecule has 3 rings (SSSR count). The molecule has 0 unspecified atom stereocenters. The highest BCUT2D eigenvalue weighted by Crippen LogP contribution is 2.26. The van der Waals surface area contributed by atoms with Gasteiger partial charge in [0.25, 0.3) is 0 Å². The van der Waals surface area contributed by atoms with Gasteiger partial charge in [0.05, 0.1) is 0 Å². The van der Waals surface area contributed by atoms with Gasteiger partial charge in [-0.1, -0.05) is 24.3 Å². The van der Waals surface area contributed by atoms with Gasteiger partial charge in [-0.05, 0) is 45.0 Å². The number of benzene rings is 1. The molecule has 142 valence electrons.